The first kappa shape index (κ1) is 23.2. The van der Waals surface area contributed by atoms with Crippen LogP contribution in [0.3, 0.4) is 0 Å². The molecule has 0 saturated carbocycles. The van der Waals surface area contributed by atoms with Crippen molar-refractivity contribution in [2.75, 3.05) is 26.7 Å². The summed E-state index contributed by atoms with van der Waals surface area (Å²) in [6.45, 7) is 6.16. The Morgan fingerprint density at radius 3 is 2.27 bits per heavy atom. The Labute approximate surface area is 196 Å². The second kappa shape index (κ2) is 10.3. The molecule has 0 radical (unpaired) electrons. The molecule has 0 saturated heterocycles. The molecular weight excluding hydrogens is 408 g/mol. The normalized spacial score (nSPS) is 13.5. The van der Waals surface area contributed by atoms with Gasteiger partial charge in [0.25, 0.3) is 0 Å². The van der Waals surface area contributed by atoms with Crippen LogP contribution in [0.4, 0.5) is 0 Å². The van der Waals surface area contributed by atoms with E-state index in [9.17, 15) is 9.59 Å². The number of Topliss-reactive ketones (excluding diaryl/α,β-unsaturated/α-hetero) is 1. The van der Waals surface area contributed by atoms with E-state index in [0.717, 1.165) is 43.2 Å². The summed E-state index contributed by atoms with van der Waals surface area (Å²) in [5.74, 6) is 0.460. The third-order valence-corrected chi connectivity index (χ3v) is 6.87. The van der Waals surface area contributed by atoms with E-state index >= 15 is 0 Å². The van der Waals surface area contributed by atoms with Crippen molar-refractivity contribution >= 4 is 44.0 Å². The molecule has 2 N–H and O–H groups in total. The summed E-state index contributed by atoms with van der Waals surface area (Å²) in [6, 6.07) is 18.9. The van der Waals surface area contributed by atoms with Crippen LogP contribution >= 0.6 is 0 Å². The molecule has 4 rings (SSSR count). The van der Waals surface area contributed by atoms with E-state index in [2.05, 4.69) is 74.7 Å². The molecule has 4 nitrogen and oxygen atoms in total. The Balaban J connectivity index is 1.41. The Morgan fingerprint density at radius 2 is 1.58 bits per heavy atom. The Hall–Kier alpha value is -2.98. The van der Waals surface area contributed by atoms with Gasteiger partial charge in [0.2, 0.25) is 11.7 Å². The van der Waals surface area contributed by atoms with Crippen LogP contribution in [-0.4, -0.2) is 38.4 Å². The fraction of sp³-hybridized carbons (Fsp3) is 0.379. The Bertz CT molecular complexity index is 1250. The Kier molecular flexibility index (Phi) is 7.24. The van der Waals surface area contributed by atoms with Crippen LogP contribution in [0.2, 0.25) is 0 Å². The molecule has 0 aromatic heterocycles. The quantitative estimate of drug-likeness (QED) is 0.202. The van der Waals surface area contributed by atoms with Crippen molar-refractivity contribution in [2.45, 2.75) is 39.5 Å². The highest BCUT2D eigenvalue weighted by molar-refractivity contribution is 6.26. The Morgan fingerprint density at radius 1 is 0.909 bits per heavy atom. The maximum Gasteiger partial charge on any atom is 0.223 e. The van der Waals surface area contributed by atoms with Gasteiger partial charge in [-0.3, -0.25) is 9.59 Å². The number of likely N-dealkylation sites (N-methyl/N-ethyl adjacent to an activating group) is 1. The first-order valence-electron chi connectivity index (χ1n) is 12.3. The predicted octanol–water partition coefficient (Wildman–Crippen LogP) is 4.61. The topological polar surface area (TPSA) is 50.6 Å². The van der Waals surface area contributed by atoms with Gasteiger partial charge in [0, 0.05) is 24.4 Å². The highest BCUT2D eigenvalue weighted by Crippen LogP contribution is 2.35. The van der Waals surface area contributed by atoms with Gasteiger partial charge in [0.15, 0.2) is 0 Å². The van der Waals surface area contributed by atoms with E-state index in [-0.39, 0.29) is 17.6 Å². The maximum atomic E-state index is 13.3. The fourth-order valence-electron chi connectivity index (χ4n) is 5.05. The van der Waals surface area contributed by atoms with Crippen LogP contribution < -0.4 is 10.2 Å². The third-order valence-electron chi connectivity index (χ3n) is 6.87. The standard InChI is InChI=1S/C29H34N2O2/c1-4-8-20(5-2)29(33)30-17-7-18-31(3)19-26(32)24-15-13-23-12-11-21-9-6-10-22-14-16-25(24)28(23)27(21)22/h6,9-16,20H,4-5,7-8,17-19H2,1-3H3,(H,30,33)/p+1. The number of ketones is 1. The van der Waals surface area contributed by atoms with Gasteiger partial charge in [0.1, 0.15) is 6.54 Å². The minimum absolute atomic E-state index is 0.121. The minimum atomic E-state index is 0.121. The summed E-state index contributed by atoms with van der Waals surface area (Å²) in [6.07, 6.45) is 3.73. The number of carbonyl (C=O) groups excluding carboxylic acids is 2. The number of hydrogen-bond acceptors (Lipinski definition) is 2. The van der Waals surface area contributed by atoms with E-state index in [1.807, 2.05) is 6.07 Å². The molecular formula is C29H35N2O2+. The fourth-order valence-corrected chi connectivity index (χ4v) is 5.05. The largest absolute Gasteiger partial charge is 0.356 e. The lowest BCUT2D eigenvalue weighted by Crippen LogP contribution is -3.10. The molecule has 2 atom stereocenters. The van der Waals surface area contributed by atoms with Crippen molar-refractivity contribution in [3.8, 4) is 0 Å². The van der Waals surface area contributed by atoms with Gasteiger partial charge in [-0.1, -0.05) is 68.8 Å². The van der Waals surface area contributed by atoms with Crippen molar-refractivity contribution in [1.29, 1.82) is 0 Å². The summed E-state index contributed by atoms with van der Waals surface area (Å²) in [4.78, 5) is 26.7. The van der Waals surface area contributed by atoms with E-state index in [1.54, 1.807) is 0 Å². The average Bonchev–Trinajstić information content (AvgIpc) is 2.83. The molecule has 0 spiro atoms. The van der Waals surface area contributed by atoms with Crippen LogP contribution in [-0.2, 0) is 4.79 Å². The van der Waals surface area contributed by atoms with Crippen LogP contribution in [0, 0.1) is 5.92 Å². The van der Waals surface area contributed by atoms with Crippen molar-refractivity contribution in [3.05, 3.63) is 60.2 Å². The lowest BCUT2D eigenvalue weighted by molar-refractivity contribution is -0.870. The first-order chi connectivity index (χ1) is 16.0. The average molecular weight is 444 g/mol. The van der Waals surface area contributed by atoms with Gasteiger partial charge in [0.05, 0.1) is 13.6 Å². The second-order valence-electron chi connectivity index (χ2n) is 9.31. The van der Waals surface area contributed by atoms with Gasteiger partial charge >= 0.3 is 0 Å². The van der Waals surface area contributed by atoms with Gasteiger partial charge in [-0.25, -0.2) is 0 Å². The molecule has 1 amide bonds. The molecule has 0 heterocycles. The van der Waals surface area contributed by atoms with E-state index in [1.165, 1.54) is 31.8 Å². The number of nitrogens with one attached hydrogen (secondary N) is 2. The molecule has 0 aliphatic carbocycles. The zero-order valence-corrected chi connectivity index (χ0v) is 20.0. The van der Waals surface area contributed by atoms with Crippen molar-refractivity contribution < 1.29 is 14.5 Å². The highest BCUT2D eigenvalue weighted by atomic mass is 16.2. The summed E-state index contributed by atoms with van der Waals surface area (Å²) in [5, 5.41) is 10.2. The summed E-state index contributed by atoms with van der Waals surface area (Å²) in [7, 11) is 2.06. The number of amides is 1. The molecule has 0 fully saturated rings. The molecule has 0 aliphatic heterocycles. The van der Waals surface area contributed by atoms with Gasteiger partial charge in [-0.05, 0) is 51.2 Å². The van der Waals surface area contributed by atoms with Crippen LogP contribution in [0.15, 0.2) is 54.6 Å². The molecule has 0 aliphatic rings. The number of rotatable bonds is 11. The van der Waals surface area contributed by atoms with Gasteiger partial charge in [-0.2, -0.15) is 0 Å². The number of benzene rings is 4. The smallest absolute Gasteiger partial charge is 0.223 e. The lowest BCUT2D eigenvalue weighted by atomic mass is 9.91. The van der Waals surface area contributed by atoms with Crippen LogP contribution in [0.25, 0.3) is 32.3 Å². The maximum absolute atomic E-state index is 13.3. The lowest BCUT2D eigenvalue weighted by Gasteiger charge is -2.17. The molecule has 4 heteroatoms. The predicted molar refractivity (Wildman–Crippen MR) is 137 cm³/mol. The molecule has 2 unspecified atom stereocenters. The highest BCUT2D eigenvalue weighted by Gasteiger charge is 2.18. The molecule has 33 heavy (non-hydrogen) atoms. The number of carbonyl (C=O) groups is 2. The van der Waals surface area contributed by atoms with E-state index in [0.29, 0.717) is 13.1 Å². The molecule has 172 valence electrons. The first-order valence-corrected chi connectivity index (χ1v) is 12.3. The monoisotopic (exact) mass is 443 g/mol. The zero-order chi connectivity index (χ0) is 23.4. The zero-order valence-electron chi connectivity index (χ0n) is 20.0. The van der Waals surface area contributed by atoms with E-state index in [4.69, 9.17) is 0 Å². The van der Waals surface area contributed by atoms with Crippen LogP contribution in [0.5, 0.6) is 0 Å². The van der Waals surface area contributed by atoms with Crippen molar-refractivity contribution in [3.63, 3.8) is 0 Å². The second-order valence-corrected chi connectivity index (χ2v) is 9.31. The van der Waals surface area contributed by atoms with E-state index < -0.39 is 0 Å². The molecule has 0 bridgehead atoms. The molecule has 4 aromatic rings. The minimum Gasteiger partial charge on any atom is -0.356 e. The van der Waals surface area contributed by atoms with Crippen molar-refractivity contribution in [1.82, 2.24) is 5.32 Å². The summed E-state index contributed by atoms with van der Waals surface area (Å²) in [5.41, 5.74) is 0.804. The third kappa shape index (κ3) is 4.86. The number of hydrogen-bond donors (Lipinski definition) is 2. The SMILES string of the molecule is CCCC(CC)C(=O)NCCC[NH+](C)CC(=O)c1ccc2ccc3cccc4ccc1c2c34. The van der Waals surface area contributed by atoms with Crippen LogP contribution in [0.1, 0.15) is 49.9 Å². The summed E-state index contributed by atoms with van der Waals surface area (Å²) < 4.78 is 0. The number of quaternary nitrogens is 1. The molecule has 4 aromatic carbocycles. The van der Waals surface area contributed by atoms with Gasteiger partial charge < -0.3 is 10.2 Å². The summed E-state index contributed by atoms with van der Waals surface area (Å²) >= 11 is 0. The van der Waals surface area contributed by atoms with Gasteiger partial charge in [-0.15, -0.1) is 0 Å². The van der Waals surface area contributed by atoms with Crippen molar-refractivity contribution in [2.24, 2.45) is 5.92 Å².